The molecule has 0 saturated carbocycles. The van der Waals surface area contributed by atoms with E-state index in [0.29, 0.717) is 6.10 Å². The van der Waals surface area contributed by atoms with Gasteiger partial charge in [0.25, 0.3) is 0 Å². The smallest absolute Gasteiger partial charge is 0.0600 e. The molecule has 1 heterocycles. The van der Waals surface area contributed by atoms with E-state index in [1.165, 1.54) is 0 Å². The minimum Gasteiger partial charge on any atom is -0.393 e. The second-order valence-corrected chi connectivity index (χ2v) is 3.10. The Morgan fingerprint density at radius 2 is 2.20 bits per heavy atom. The van der Waals surface area contributed by atoms with E-state index in [4.69, 9.17) is 4.74 Å². The Bertz CT molecular complexity index is 93.4. The van der Waals surface area contributed by atoms with Crippen LogP contribution in [0.3, 0.4) is 0 Å². The Hall–Kier alpha value is -0.0800. The normalized spacial score (nSPS) is 41.7. The molecule has 0 aliphatic carbocycles. The molecular formula is C8H16O2. The largest absolute Gasteiger partial charge is 0.393 e. The molecule has 0 aromatic carbocycles. The molecule has 0 aromatic heterocycles. The van der Waals surface area contributed by atoms with Gasteiger partial charge in [0.15, 0.2) is 0 Å². The lowest BCUT2D eigenvalue weighted by atomic mass is 10.0. The van der Waals surface area contributed by atoms with Gasteiger partial charge in [-0.3, -0.25) is 0 Å². The van der Waals surface area contributed by atoms with Crippen molar-refractivity contribution in [3.05, 3.63) is 0 Å². The fourth-order valence-electron chi connectivity index (χ4n) is 1.49. The lowest BCUT2D eigenvalue weighted by Crippen LogP contribution is -2.33. The molecule has 1 unspecified atom stereocenters. The highest BCUT2D eigenvalue weighted by molar-refractivity contribution is 4.73. The van der Waals surface area contributed by atoms with Crippen LogP contribution >= 0.6 is 0 Å². The van der Waals surface area contributed by atoms with E-state index in [1.54, 1.807) is 0 Å². The van der Waals surface area contributed by atoms with Crippen LogP contribution in [0.1, 0.15) is 33.1 Å². The third-order valence-corrected chi connectivity index (χ3v) is 2.02. The van der Waals surface area contributed by atoms with Crippen LogP contribution in [0.4, 0.5) is 0 Å². The van der Waals surface area contributed by atoms with Crippen LogP contribution in [-0.2, 0) is 4.74 Å². The van der Waals surface area contributed by atoms with Crippen LogP contribution in [0.2, 0.25) is 0 Å². The van der Waals surface area contributed by atoms with Gasteiger partial charge in [-0.25, -0.2) is 0 Å². The molecule has 2 nitrogen and oxygen atoms in total. The highest BCUT2D eigenvalue weighted by Gasteiger charge is 2.23. The van der Waals surface area contributed by atoms with Crippen molar-refractivity contribution in [2.45, 2.75) is 51.4 Å². The molecule has 0 amide bonds. The zero-order valence-corrected chi connectivity index (χ0v) is 6.71. The van der Waals surface area contributed by atoms with Crippen LogP contribution in [-0.4, -0.2) is 23.4 Å². The van der Waals surface area contributed by atoms with Gasteiger partial charge in [-0.15, -0.1) is 0 Å². The van der Waals surface area contributed by atoms with Gasteiger partial charge in [0.05, 0.1) is 18.3 Å². The molecule has 1 aliphatic heterocycles. The van der Waals surface area contributed by atoms with E-state index in [9.17, 15) is 5.11 Å². The maximum absolute atomic E-state index is 9.30. The average Bonchev–Trinajstić information content (AvgIpc) is 1.85. The van der Waals surface area contributed by atoms with E-state index in [-0.39, 0.29) is 12.2 Å². The molecule has 3 atom stereocenters. The van der Waals surface area contributed by atoms with Crippen molar-refractivity contribution >= 4 is 0 Å². The quantitative estimate of drug-likeness (QED) is 0.601. The fourth-order valence-corrected chi connectivity index (χ4v) is 1.49. The number of aliphatic hydroxyl groups is 1. The van der Waals surface area contributed by atoms with Crippen molar-refractivity contribution in [2.75, 3.05) is 0 Å². The summed E-state index contributed by atoms with van der Waals surface area (Å²) in [5.41, 5.74) is 0. The molecule has 60 valence electrons. The molecule has 0 bridgehead atoms. The molecule has 0 spiro atoms. The van der Waals surface area contributed by atoms with Crippen molar-refractivity contribution < 1.29 is 9.84 Å². The van der Waals surface area contributed by atoms with Crippen molar-refractivity contribution in [1.82, 2.24) is 0 Å². The van der Waals surface area contributed by atoms with Crippen LogP contribution < -0.4 is 0 Å². The number of hydrogen-bond donors (Lipinski definition) is 1. The van der Waals surface area contributed by atoms with Crippen molar-refractivity contribution in [2.24, 2.45) is 0 Å². The minimum atomic E-state index is -0.131. The summed E-state index contributed by atoms with van der Waals surface area (Å²) in [5.74, 6) is 0. The van der Waals surface area contributed by atoms with Gasteiger partial charge >= 0.3 is 0 Å². The summed E-state index contributed by atoms with van der Waals surface area (Å²) in [6.07, 6.45) is 3.04. The second kappa shape index (κ2) is 3.35. The predicted octanol–water partition coefficient (Wildman–Crippen LogP) is 1.32. The number of ether oxygens (including phenoxy) is 1. The molecule has 1 N–H and O–H groups in total. The maximum Gasteiger partial charge on any atom is 0.0600 e. The summed E-state index contributed by atoms with van der Waals surface area (Å²) in [6.45, 7) is 4.11. The second-order valence-electron chi connectivity index (χ2n) is 3.10. The highest BCUT2D eigenvalue weighted by atomic mass is 16.5. The molecule has 1 aliphatic rings. The fraction of sp³-hybridized carbons (Fsp3) is 1.00. The Labute approximate surface area is 62.2 Å². The van der Waals surface area contributed by atoms with Gasteiger partial charge in [0.2, 0.25) is 0 Å². The number of rotatable bonds is 1. The molecular weight excluding hydrogens is 128 g/mol. The van der Waals surface area contributed by atoms with E-state index >= 15 is 0 Å². The standard InChI is InChI=1S/C8H16O2/c1-3-8-5-7(9)4-6(2)10-8/h6-9H,3-5H2,1-2H3/t6?,7-,8-/m1/s1. The molecule has 0 aromatic rings. The van der Waals surface area contributed by atoms with Crippen molar-refractivity contribution in [1.29, 1.82) is 0 Å². The van der Waals surface area contributed by atoms with E-state index < -0.39 is 0 Å². The summed E-state index contributed by atoms with van der Waals surface area (Å²) in [5, 5.41) is 9.30. The Morgan fingerprint density at radius 3 is 2.70 bits per heavy atom. The summed E-state index contributed by atoms with van der Waals surface area (Å²) < 4.78 is 5.55. The Balaban J connectivity index is 2.35. The van der Waals surface area contributed by atoms with Crippen molar-refractivity contribution in [3.8, 4) is 0 Å². The third-order valence-electron chi connectivity index (χ3n) is 2.02. The molecule has 1 saturated heterocycles. The predicted molar refractivity (Wildman–Crippen MR) is 39.9 cm³/mol. The van der Waals surface area contributed by atoms with Crippen LogP contribution in [0, 0.1) is 0 Å². The summed E-state index contributed by atoms with van der Waals surface area (Å²) in [4.78, 5) is 0. The van der Waals surface area contributed by atoms with E-state index in [0.717, 1.165) is 19.3 Å². The van der Waals surface area contributed by atoms with Crippen molar-refractivity contribution in [3.63, 3.8) is 0 Å². The maximum atomic E-state index is 9.30. The average molecular weight is 144 g/mol. The van der Waals surface area contributed by atoms with Gasteiger partial charge in [0.1, 0.15) is 0 Å². The first kappa shape index (κ1) is 8.02. The Morgan fingerprint density at radius 1 is 1.50 bits per heavy atom. The van der Waals surface area contributed by atoms with Crippen LogP contribution in [0.25, 0.3) is 0 Å². The van der Waals surface area contributed by atoms with E-state index in [1.807, 2.05) is 6.92 Å². The molecule has 1 fully saturated rings. The SMILES string of the molecule is CC[C@@H]1C[C@H](O)CC(C)O1. The summed E-state index contributed by atoms with van der Waals surface area (Å²) >= 11 is 0. The number of hydrogen-bond acceptors (Lipinski definition) is 2. The van der Waals surface area contributed by atoms with Gasteiger partial charge < -0.3 is 9.84 Å². The van der Waals surface area contributed by atoms with Gasteiger partial charge in [-0.2, -0.15) is 0 Å². The minimum absolute atomic E-state index is 0.131. The Kier molecular flexibility index (Phi) is 2.69. The number of aliphatic hydroxyl groups excluding tert-OH is 1. The summed E-state index contributed by atoms with van der Waals surface area (Å²) in [7, 11) is 0. The molecule has 1 rings (SSSR count). The van der Waals surface area contributed by atoms with Crippen LogP contribution in [0.15, 0.2) is 0 Å². The lowest BCUT2D eigenvalue weighted by molar-refractivity contribution is -0.0881. The van der Waals surface area contributed by atoms with Crippen LogP contribution in [0.5, 0.6) is 0 Å². The van der Waals surface area contributed by atoms with Gasteiger partial charge in [-0.05, 0) is 26.2 Å². The first-order valence-electron chi connectivity index (χ1n) is 4.06. The summed E-state index contributed by atoms with van der Waals surface area (Å²) in [6, 6.07) is 0. The highest BCUT2D eigenvalue weighted by Crippen LogP contribution is 2.20. The van der Waals surface area contributed by atoms with Gasteiger partial charge in [0, 0.05) is 0 Å². The molecule has 10 heavy (non-hydrogen) atoms. The molecule has 2 heteroatoms. The monoisotopic (exact) mass is 144 g/mol. The lowest BCUT2D eigenvalue weighted by Gasteiger charge is -2.30. The first-order valence-corrected chi connectivity index (χ1v) is 4.06. The zero-order valence-electron chi connectivity index (χ0n) is 6.71. The zero-order chi connectivity index (χ0) is 7.56. The topological polar surface area (TPSA) is 29.5 Å². The first-order chi connectivity index (χ1) is 4.72. The van der Waals surface area contributed by atoms with Gasteiger partial charge in [-0.1, -0.05) is 6.92 Å². The molecule has 0 radical (unpaired) electrons. The third kappa shape index (κ3) is 1.96. The van der Waals surface area contributed by atoms with E-state index in [2.05, 4.69) is 6.92 Å².